The second kappa shape index (κ2) is 5.91. The standard InChI is InChI=1S/C15H15NO3/c1-19-13-6-7-15(18)12(8-13)10-16-9-11-4-2-3-5-14(11)17/h2-8,10,17-18H,9H2,1H3/b16-10+. The number of benzene rings is 2. The number of methoxy groups -OCH3 is 1. The number of nitrogens with zero attached hydrogens (tertiary/aromatic N) is 1. The van der Waals surface area contributed by atoms with E-state index in [1.165, 1.54) is 0 Å². The highest BCUT2D eigenvalue weighted by Gasteiger charge is 2.01. The van der Waals surface area contributed by atoms with Crippen molar-refractivity contribution in [1.29, 1.82) is 0 Å². The fraction of sp³-hybridized carbons (Fsp3) is 0.133. The van der Waals surface area contributed by atoms with Gasteiger partial charge in [-0.15, -0.1) is 0 Å². The molecule has 98 valence electrons. The molecule has 0 amide bonds. The summed E-state index contributed by atoms with van der Waals surface area (Å²) in [5.74, 6) is 1.01. The predicted octanol–water partition coefficient (Wildman–Crippen LogP) is 2.73. The van der Waals surface area contributed by atoms with Gasteiger partial charge in [-0.25, -0.2) is 0 Å². The maximum atomic E-state index is 9.69. The molecule has 0 saturated carbocycles. The molecule has 0 aliphatic carbocycles. The molecule has 0 radical (unpaired) electrons. The van der Waals surface area contributed by atoms with Gasteiger partial charge in [0, 0.05) is 17.3 Å². The minimum atomic E-state index is 0.141. The van der Waals surface area contributed by atoms with Crippen LogP contribution in [0.4, 0.5) is 0 Å². The predicted molar refractivity (Wildman–Crippen MR) is 74.1 cm³/mol. The van der Waals surface area contributed by atoms with Crippen molar-refractivity contribution in [1.82, 2.24) is 0 Å². The number of aliphatic imine (C=N–C) groups is 1. The molecule has 0 bridgehead atoms. The van der Waals surface area contributed by atoms with Gasteiger partial charge in [-0.05, 0) is 24.3 Å². The molecule has 2 aromatic rings. The van der Waals surface area contributed by atoms with Crippen molar-refractivity contribution in [2.24, 2.45) is 4.99 Å². The van der Waals surface area contributed by atoms with E-state index in [-0.39, 0.29) is 11.5 Å². The first kappa shape index (κ1) is 13.0. The first-order valence-corrected chi connectivity index (χ1v) is 5.84. The number of ether oxygens (including phenoxy) is 1. The Morgan fingerprint density at radius 3 is 2.63 bits per heavy atom. The molecular weight excluding hydrogens is 242 g/mol. The molecule has 0 fully saturated rings. The Hall–Kier alpha value is -2.49. The zero-order chi connectivity index (χ0) is 13.7. The second-order valence-corrected chi connectivity index (χ2v) is 4.02. The van der Waals surface area contributed by atoms with Crippen LogP contribution >= 0.6 is 0 Å². The van der Waals surface area contributed by atoms with Gasteiger partial charge in [-0.3, -0.25) is 4.99 Å². The molecule has 2 aromatic carbocycles. The molecule has 0 heterocycles. The van der Waals surface area contributed by atoms with E-state index in [1.54, 1.807) is 49.7 Å². The van der Waals surface area contributed by atoms with E-state index >= 15 is 0 Å². The van der Waals surface area contributed by atoms with E-state index < -0.39 is 0 Å². The van der Waals surface area contributed by atoms with E-state index in [1.807, 2.05) is 6.07 Å². The summed E-state index contributed by atoms with van der Waals surface area (Å²) in [6.45, 7) is 0.351. The van der Waals surface area contributed by atoms with Crippen molar-refractivity contribution in [2.45, 2.75) is 6.54 Å². The highest BCUT2D eigenvalue weighted by Crippen LogP contribution is 2.21. The molecule has 0 saturated heterocycles. The summed E-state index contributed by atoms with van der Waals surface area (Å²) in [6.07, 6.45) is 1.56. The molecule has 0 atom stereocenters. The average molecular weight is 257 g/mol. The average Bonchev–Trinajstić information content (AvgIpc) is 2.43. The fourth-order valence-corrected chi connectivity index (χ4v) is 1.65. The largest absolute Gasteiger partial charge is 0.508 e. The third-order valence-electron chi connectivity index (χ3n) is 2.72. The zero-order valence-corrected chi connectivity index (χ0v) is 10.6. The van der Waals surface area contributed by atoms with Crippen molar-refractivity contribution in [3.8, 4) is 17.2 Å². The molecule has 2 rings (SSSR count). The van der Waals surface area contributed by atoms with Crippen molar-refractivity contribution in [2.75, 3.05) is 7.11 Å². The number of hydrogen-bond donors (Lipinski definition) is 2. The highest BCUT2D eigenvalue weighted by molar-refractivity contribution is 5.84. The molecule has 0 aliphatic heterocycles. The van der Waals surface area contributed by atoms with Crippen LogP contribution in [0.3, 0.4) is 0 Å². The van der Waals surface area contributed by atoms with Gasteiger partial charge in [0.05, 0.1) is 13.7 Å². The highest BCUT2D eigenvalue weighted by atomic mass is 16.5. The van der Waals surface area contributed by atoms with E-state index in [4.69, 9.17) is 4.74 Å². The summed E-state index contributed by atoms with van der Waals surface area (Å²) in [7, 11) is 1.56. The van der Waals surface area contributed by atoms with Gasteiger partial charge in [0.1, 0.15) is 17.2 Å². The van der Waals surface area contributed by atoms with Gasteiger partial charge in [-0.2, -0.15) is 0 Å². The van der Waals surface area contributed by atoms with Crippen LogP contribution in [0.2, 0.25) is 0 Å². The Kier molecular flexibility index (Phi) is 4.03. The van der Waals surface area contributed by atoms with E-state index in [2.05, 4.69) is 4.99 Å². The van der Waals surface area contributed by atoms with Crippen molar-refractivity contribution in [3.63, 3.8) is 0 Å². The zero-order valence-electron chi connectivity index (χ0n) is 10.6. The van der Waals surface area contributed by atoms with E-state index in [0.717, 1.165) is 5.56 Å². The summed E-state index contributed by atoms with van der Waals surface area (Å²) < 4.78 is 5.08. The maximum absolute atomic E-state index is 9.69. The number of phenolic OH excluding ortho intramolecular Hbond substituents is 2. The third-order valence-corrected chi connectivity index (χ3v) is 2.72. The number of hydrogen-bond acceptors (Lipinski definition) is 4. The molecule has 0 unspecified atom stereocenters. The lowest BCUT2D eigenvalue weighted by Crippen LogP contribution is -1.88. The quantitative estimate of drug-likeness (QED) is 0.828. The van der Waals surface area contributed by atoms with E-state index in [0.29, 0.717) is 17.9 Å². The molecule has 2 N–H and O–H groups in total. The second-order valence-electron chi connectivity index (χ2n) is 4.02. The van der Waals surface area contributed by atoms with Crippen LogP contribution in [-0.4, -0.2) is 23.5 Å². The number of para-hydroxylation sites is 1. The van der Waals surface area contributed by atoms with Gasteiger partial charge < -0.3 is 14.9 Å². The van der Waals surface area contributed by atoms with Crippen molar-refractivity contribution >= 4 is 6.21 Å². The lowest BCUT2D eigenvalue weighted by Gasteiger charge is -2.03. The van der Waals surface area contributed by atoms with Gasteiger partial charge in [0.25, 0.3) is 0 Å². The topological polar surface area (TPSA) is 62.0 Å². The number of rotatable bonds is 4. The number of aromatic hydroxyl groups is 2. The molecule has 4 nitrogen and oxygen atoms in total. The van der Waals surface area contributed by atoms with Crippen LogP contribution < -0.4 is 4.74 Å². The summed E-state index contributed by atoms with van der Waals surface area (Å²) >= 11 is 0. The molecule has 4 heteroatoms. The SMILES string of the molecule is COc1ccc(O)c(/C=N/Cc2ccccc2O)c1. The molecule has 19 heavy (non-hydrogen) atoms. The Morgan fingerprint density at radius 1 is 1.11 bits per heavy atom. The van der Waals surface area contributed by atoms with Crippen LogP contribution in [0.15, 0.2) is 47.5 Å². The van der Waals surface area contributed by atoms with E-state index in [9.17, 15) is 10.2 Å². The Bertz CT molecular complexity index is 594. The third kappa shape index (κ3) is 3.25. The summed E-state index contributed by atoms with van der Waals surface area (Å²) in [6, 6.07) is 12.0. The Morgan fingerprint density at radius 2 is 1.89 bits per heavy atom. The molecule has 0 aromatic heterocycles. The first-order valence-electron chi connectivity index (χ1n) is 5.84. The summed E-state index contributed by atoms with van der Waals surface area (Å²) in [5, 5.41) is 19.3. The summed E-state index contributed by atoms with van der Waals surface area (Å²) in [4.78, 5) is 4.21. The first-order chi connectivity index (χ1) is 9.20. The molecule has 0 spiro atoms. The van der Waals surface area contributed by atoms with Crippen molar-refractivity contribution < 1.29 is 14.9 Å². The van der Waals surface area contributed by atoms with Gasteiger partial charge in [0.2, 0.25) is 0 Å². The molecular formula is C15H15NO3. The monoisotopic (exact) mass is 257 g/mol. The molecule has 0 aliphatic rings. The fourth-order valence-electron chi connectivity index (χ4n) is 1.65. The normalized spacial score (nSPS) is 10.8. The number of phenols is 2. The van der Waals surface area contributed by atoms with Crippen LogP contribution in [0.1, 0.15) is 11.1 Å². The smallest absolute Gasteiger partial charge is 0.124 e. The van der Waals surface area contributed by atoms with Gasteiger partial charge in [0.15, 0.2) is 0 Å². The van der Waals surface area contributed by atoms with Crippen LogP contribution in [0, 0.1) is 0 Å². The van der Waals surface area contributed by atoms with Gasteiger partial charge >= 0.3 is 0 Å². The van der Waals surface area contributed by atoms with Gasteiger partial charge in [-0.1, -0.05) is 18.2 Å². The van der Waals surface area contributed by atoms with Crippen molar-refractivity contribution in [3.05, 3.63) is 53.6 Å². The Balaban J connectivity index is 2.13. The lowest BCUT2D eigenvalue weighted by molar-refractivity contribution is 0.412. The van der Waals surface area contributed by atoms with Crippen LogP contribution in [0.25, 0.3) is 0 Å². The minimum absolute atomic E-state index is 0.141. The minimum Gasteiger partial charge on any atom is -0.508 e. The summed E-state index contributed by atoms with van der Waals surface area (Å²) in [5.41, 5.74) is 1.32. The van der Waals surface area contributed by atoms with Crippen LogP contribution in [-0.2, 0) is 6.54 Å². The lowest BCUT2D eigenvalue weighted by atomic mass is 10.2. The maximum Gasteiger partial charge on any atom is 0.124 e. The van der Waals surface area contributed by atoms with Crippen LogP contribution in [0.5, 0.6) is 17.2 Å². The Labute approximate surface area is 111 Å².